The van der Waals surface area contributed by atoms with Crippen molar-refractivity contribution in [2.45, 2.75) is 13.0 Å². The van der Waals surface area contributed by atoms with E-state index in [2.05, 4.69) is 15.3 Å². The largest absolute Gasteiger partial charge is 0.496 e. The summed E-state index contributed by atoms with van der Waals surface area (Å²) in [5, 5.41) is 2.86. The van der Waals surface area contributed by atoms with Gasteiger partial charge in [0.1, 0.15) is 5.75 Å². The molecule has 0 aliphatic rings. The summed E-state index contributed by atoms with van der Waals surface area (Å²) >= 11 is 0. The second-order valence-corrected chi connectivity index (χ2v) is 5.14. The predicted octanol–water partition coefficient (Wildman–Crippen LogP) is 2.37. The lowest BCUT2D eigenvalue weighted by Crippen LogP contribution is -2.26. The summed E-state index contributed by atoms with van der Waals surface area (Å²) in [5.41, 5.74) is 0.947. The van der Waals surface area contributed by atoms with Gasteiger partial charge in [-0.3, -0.25) is 4.79 Å². The molecule has 0 spiro atoms. The first-order valence-electron chi connectivity index (χ1n) is 7.60. The number of nitrogens with one attached hydrogen (secondary N) is 1. The summed E-state index contributed by atoms with van der Waals surface area (Å²) < 4.78 is 12.7. The van der Waals surface area contributed by atoms with Crippen molar-refractivity contribution in [3.63, 3.8) is 0 Å². The predicted molar refractivity (Wildman–Crippen MR) is 87.7 cm³/mol. The number of nitrogens with zero attached hydrogens (tertiary/aromatic N) is 3. The topological polar surface area (TPSA) is 82.2 Å². The molecule has 24 heavy (non-hydrogen) atoms. The fourth-order valence-electron chi connectivity index (χ4n) is 2.40. The first kappa shape index (κ1) is 15.8. The number of carbonyl (C=O) groups excluding carboxylic acids is 1. The van der Waals surface area contributed by atoms with Crippen molar-refractivity contribution < 1.29 is 13.9 Å². The number of methoxy groups -OCH3 is 1. The van der Waals surface area contributed by atoms with Crippen molar-refractivity contribution in [3.05, 3.63) is 55.1 Å². The lowest BCUT2D eigenvalue weighted by Gasteiger charge is -2.08. The molecule has 1 N–H and O–H groups in total. The molecule has 2 heterocycles. The number of aryl methyl sites for hydroxylation is 1. The van der Waals surface area contributed by atoms with Crippen molar-refractivity contribution in [3.8, 4) is 17.1 Å². The molecule has 7 nitrogen and oxygen atoms in total. The van der Waals surface area contributed by atoms with Gasteiger partial charge in [0.25, 0.3) is 5.91 Å². The Morgan fingerprint density at radius 2 is 2.25 bits per heavy atom. The van der Waals surface area contributed by atoms with Crippen LogP contribution in [-0.2, 0) is 6.54 Å². The van der Waals surface area contributed by atoms with Gasteiger partial charge in [0.15, 0.2) is 17.8 Å². The van der Waals surface area contributed by atoms with Crippen molar-refractivity contribution in [2.24, 2.45) is 0 Å². The highest BCUT2D eigenvalue weighted by Gasteiger charge is 2.20. The molecule has 0 aliphatic heterocycles. The average Bonchev–Trinajstić information content (AvgIpc) is 3.30. The SMILES string of the molecule is COc1ccccc1-c1ocnc1C(=O)NCCCn1ccnc1. The van der Waals surface area contributed by atoms with E-state index in [4.69, 9.17) is 9.15 Å². The van der Waals surface area contributed by atoms with E-state index in [0.717, 1.165) is 13.0 Å². The van der Waals surface area contributed by atoms with Gasteiger partial charge >= 0.3 is 0 Å². The van der Waals surface area contributed by atoms with Gasteiger partial charge < -0.3 is 19.0 Å². The molecule has 3 rings (SSSR count). The van der Waals surface area contributed by atoms with E-state index in [9.17, 15) is 4.79 Å². The number of ether oxygens (including phenoxy) is 1. The summed E-state index contributed by atoms with van der Waals surface area (Å²) in [6, 6.07) is 7.35. The average molecular weight is 326 g/mol. The van der Waals surface area contributed by atoms with Crippen molar-refractivity contribution in [1.82, 2.24) is 19.9 Å². The van der Waals surface area contributed by atoms with Crippen LogP contribution in [0.3, 0.4) is 0 Å². The van der Waals surface area contributed by atoms with Gasteiger partial charge in [0.05, 0.1) is 19.0 Å². The van der Waals surface area contributed by atoms with Crippen LogP contribution in [0.1, 0.15) is 16.9 Å². The summed E-state index contributed by atoms with van der Waals surface area (Å²) in [5.74, 6) is 0.762. The highest BCUT2D eigenvalue weighted by molar-refractivity contribution is 5.98. The number of hydrogen-bond acceptors (Lipinski definition) is 5. The van der Waals surface area contributed by atoms with Gasteiger partial charge in [0.2, 0.25) is 0 Å². The number of rotatable bonds is 7. The first-order valence-corrected chi connectivity index (χ1v) is 7.60. The summed E-state index contributed by atoms with van der Waals surface area (Å²) in [6.45, 7) is 1.33. The van der Waals surface area contributed by atoms with E-state index in [1.807, 2.05) is 35.0 Å². The molecule has 0 radical (unpaired) electrons. The summed E-state index contributed by atoms with van der Waals surface area (Å²) in [7, 11) is 1.57. The second kappa shape index (κ2) is 7.45. The molecule has 1 aromatic carbocycles. The quantitative estimate of drug-likeness (QED) is 0.674. The van der Waals surface area contributed by atoms with Crippen LogP contribution in [0.15, 0.2) is 53.8 Å². The Morgan fingerprint density at radius 1 is 1.38 bits per heavy atom. The number of oxazole rings is 1. The fraction of sp³-hybridized carbons (Fsp3) is 0.235. The fourth-order valence-corrected chi connectivity index (χ4v) is 2.40. The van der Waals surface area contributed by atoms with Crippen LogP contribution in [0, 0.1) is 0 Å². The lowest BCUT2D eigenvalue weighted by atomic mass is 10.1. The summed E-state index contributed by atoms with van der Waals surface area (Å²) in [6.07, 6.45) is 7.43. The minimum atomic E-state index is -0.268. The molecule has 0 bridgehead atoms. The Hall–Kier alpha value is -3.09. The van der Waals surface area contributed by atoms with Gasteiger partial charge in [-0.05, 0) is 18.6 Å². The molecule has 1 amide bonds. The lowest BCUT2D eigenvalue weighted by molar-refractivity contribution is 0.0948. The number of hydrogen-bond donors (Lipinski definition) is 1. The number of para-hydroxylation sites is 1. The van der Waals surface area contributed by atoms with Gasteiger partial charge in [-0.15, -0.1) is 0 Å². The monoisotopic (exact) mass is 326 g/mol. The van der Waals surface area contributed by atoms with Gasteiger partial charge in [-0.2, -0.15) is 0 Å². The molecule has 2 aromatic heterocycles. The highest BCUT2D eigenvalue weighted by Crippen LogP contribution is 2.31. The third kappa shape index (κ3) is 3.45. The van der Waals surface area contributed by atoms with Crippen LogP contribution in [-0.4, -0.2) is 34.1 Å². The number of imidazole rings is 1. The number of benzene rings is 1. The Labute approximate surface area is 139 Å². The molecule has 0 unspecified atom stereocenters. The Bertz CT molecular complexity index is 796. The van der Waals surface area contributed by atoms with E-state index >= 15 is 0 Å². The minimum Gasteiger partial charge on any atom is -0.496 e. The molecule has 0 saturated carbocycles. The van der Waals surface area contributed by atoms with Crippen LogP contribution in [0.25, 0.3) is 11.3 Å². The second-order valence-electron chi connectivity index (χ2n) is 5.14. The Kier molecular flexibility index (Phi) is 4.90. The van der Waals surface area contributed by atoms with Gasteiger partial charge in [0, 0.05) is 25.5 Å². The molecular formula is C17H18N4O3. The molecular weight excluding hydrogens is 308 g/mol. The zero-order valence-electron chi connectivity index (χ0n) is 13.3. The van der Waals surface area contributed by atoms with E-state index in [1.54, 1.807) is 19.6 Å². The van der Waals surface area contributed by atoms with E-state index in [0.29, 0.717) is 23.6 Å². The Balaban J connectivity index is 1.65. The van der Waals surface area contributed by atoms with Gasteiger partial charge in [-0.25, -0.2) is 9.97 Å². The van der Waals surface area contributed by atoms with E-state index < -0.39 is 0 Å². The van der Waals surface area contributed by atoms with Crippen molar-refractivity contribution in [2.75, 3.05) is 13.7 Å². The Morgan fingerprint density at radius 3 is 3.04 bits per heavy atom. The zero-order chi connectivity index (χ0) is 16.8. The molecule has 7 heteroatoms. The number of aromatic nitrogens is 3. The number of amides is 1. The van der Waals surface area contributed by atoms with E-state index in [1.165, 1.54) is 6.39 Å². The van der Waals surface area contributed by atoms with Crippen molar-refractivity contribution >= 4 is 5.91 Å². The molecule has 0 saturated heterocycles. The minimum absolute atomic E-state index is 0.252. The third-order valence-electron chi connectivity index (χ3n) is 3.57. The van der Waals surface area contributed by atoms with Crippen LogP contribution >= 0.6 is 0 Å². The van der Waals surface area contributed by atoms with Crippen LogP contribution in [0.2, 0.25) is 0 Å². The normalized spacial score (nSPS) is 10.5. The third-order valence-corrected chi connectivity index (χ3v) is 3.57. The van der Waals surface area contributed by atoms with Crippen LogP contribution < -0.4 is 10.1 Å². The molecule has 124 valence electrons. The van der Waals surface area contributed by atoms with Crippen molar-refractivity contribution in [1.29, 1.82) is 0 Å². The summed E-state index contributed by atoms with van der Waals surface area (Å²) in [4.78, 5) is 20.4. The zero-order valence-corrected chi connectivity index (χ0v) is 13.3. The molecule has 0 fully saturated rings. The maximum absolute atomic E-state index is 12.4. The molecule has 3 aromatic rings. The number of carbonyl (C=O) groups is 1. The van der Waals surface area contributed by atoms with E-state index in [-0.39, 0.29) is 11.6 Å². The van der Waals surface area contributed by atoms with Crippen LogP contribution in [0.4, 0.5) is 0 Å². The maximum atomic E-state index is 12.4. The first-order chi connectivity index (χ1) is 11.8. The maximum Gasteiger partial charge on any atom is 0.273 e. The standard InChI is InChI=1S/C17H18N4O3/c1-23-14-6-3-2-5-13(14)16-15(20-12-24-16)17(22)19-7-4-9-21-10-8-18-11-21/h2-3,5-6,8,10-12H,4,7,9H2,1H3,(H,19,22). The smallest absolute Gasteiger partial charge is 0.273 e. The highest BCUT2D eigenvalue weighted by atomic mass is 16.5. The molecule has 0 atom stereocenters. The van der Waals surface area contributed by atoms with Crippen LogP contribution in [0.5, 0.6) is 5.75 Å². The van der Waals surface area contributed by atoms with Gasteiger partial charge in [-0.1, -0.05) is 12.1 Å². The molecule has 0 aliphatic carbocycles.